The lowest BCUT2D eigenvalue weighted by Crippen LogP contribution is -2.53. The van der Waals surface area contributed by atoms with Crippen molar-refractivity contribution in [1.29, 1.82) is 0 Å². The number of fused-ring (bicyclic) bond motifs is 2. The molecule has 4 unspecified atom stereocenters. The number of ether oxygens (including phenoxy) is 2. The van der Waals surface area contributed by atoms with Gasteiger partial charge in [-0.05, 0) is 25.7 Å². The number of carbonyl (C=O) groups is 3. The number of rotatable bonds is 1. The zero-order valence-electron chi connectivity index (χ0n) is 15.0. The molecule has 0 aromatic heterocycles. The van der Waals surface area contributed by atoms with E-state index in [9.17, 15) is 19.5 Å². The van der Waals surface area contributed by atoms with Crippen molar-refractivity contribution in [2.75, 3.05) is 26.9 Å². The van der Waals surface area contributed by atoms with Gasteiger partial charge in [-0.25, -0.2) is 4.79 Å². The van der Waals surface area contributed by atoms with Gasteiger partial charge in [0.25, 0.3) is 0 Å². The molecule has 3 rings (SSSR count). The number of esters is 1. The van der Waals surface area contributed by atoms with Crippen LogP contribution >= 0.6 is 0 Å². The van der Waals surface area contributed by atoms with Gasteiger partial charge in [-0.3, -0.25) is 9.59 Å². The molecule has 8 heteroatoms. The van der Waals surface area contributed by atoms with Crippen molar-refractivity contribution in [3.63, 3.8) is 0 Å². The van der Waals surface area contributed by atoms with Gasteiger partial charge in [0.05, 0.1) is 13.2 Å². The van der Waals surface area contributed by atoms with E-state index in [0.29, 0.717) is 13.0 Å². The Kier molecular flexibility index (Phi) is 5.62. The van der Waals surface area contributed by atoms with E-state index in [2.05, 4.69) is 5.32 Å². The lowest BCUT2D eigenvalue weighted by Gasteiger charge is -2.26. The van der Waals surface area contributed by atoms with E-state index in [4.69, 9.17) is 9.47 Å². The summed E-state index contributed by atoms with van der Waals surface area (Å²) in [7, 11) is 1.30. The number of methoxy groups -OCH3 is 1. The van der Waals surface area contributed by atoms with Crippen LogP contribution in [0.25, 0.3) is 0 Å². The molecule has 26 heavy (non-hydrogen) atoms. The Bertz CT molecular complexity index is 606. The minimum atomic E-state index is -1.07. The first-order chi connectivity index (χ1) is 12.5. The fourth-order valence-electron chi connectivity index (χ4n) is 3.74. The van der Waals surface area contributed by atoms with E-state index in [1.807, 2.05) is 12.2 Å². The normalized spacial score (nSPS) is 35.6. The van der Waals surface area contributed by atoms with Crippen molar-refractivity contribution in [3.8, 4) is 0 Å². The maximum atomic E-state index is 12.8. The smallest absolute Gasteiger partial charge is 0.332 e. The first kappa shape index (κ1) is 18.8. The number of nitrogens with one attached hydrogen (secondary N) is 1. The standard InChI is InChI=1S/C18H26N2O6/c1-25-17(24)18-9-12(18)6-4-2-3-5-7-26-11-15(22)20-10-13(21)8-14(20)16(23)19-18/h4,6,12-14,21H,2-3,5,7-11H2,1H3,(H,19,23). The molecule has 0 spiro atoms. The molecule has 2 fully saturated rings. The van der Waals surface area contributed by atoms with Crippen molar-refractivity contribution in [2.24, 2.45) is 5.92 Å². The van der Waals surface area contributed by atoms with Crippen molar-refractivity contribution < 1.29 is 29.0 Å². The largest absolute Gasteiger partial charge is 0.467 e. The molecule has 2 aliphatic heterocycles. The monoisotopic (exact) mass is 366 g/mol. The Hall–Kier alpha value is -1.93. The number of carbonyl (C=O) groups excluding carboxylic acids is 3. The molecule has 2 N–H and O–H groups in total. The molecule has 8 nitrogen and oxygen atoms in total. The maximum absolute atomic E-state index is 12.8. The van der Waals surface area contributed by atoms with Crippen molar-refractivity contribution in [3.05, 3.63) is 12.2 Å². The number of nitrogens with zero attached hydrogens (tertiary/aromatic N) is 1. The Morgan fingerprint density at radius 1 is 1.42 bits per heavy atom. The van der Waals surface area contributed by atoms with Gasteiger partial charge >= 0.3 is 5.97 Å². The SMILES string of the molecule is COC(=O)C12CC1C=CCCCCOCC(=O)N1CC(O)CC1C(=O)N2. The van der Waals surface area contributed by atoms with Crippen LogP contribution in [0.1, 0.15) is 32.1 Å². The quantitative estimate of drug-likeness (QED) is 0.490. The van der Waals surface area contributed by atoms with E-state index >= 15 is 0 Å². The van der Waals surface area contributed by atoms with E-state index < -0.39 is 29.6 Å². The van der Waals surface area contributed by atoms with Gasteiger partial charge in [0.15, 0.2) is 0 Å². The predicted molar refractivity (Wildman–Crippen MR) is 90.9 cm³/mol. The fraction of sp³-hybridized carbons (Fsp3) is 0.722. The Balaban J connectivity index is 1.81. The Labute approximate surface area is 152 Å². The topological polar surface area (TPSA) is 105 Å². The van der Waals surface area contributed by atoms with Crippen LogP contribution < -0.4 is 5.32 Å². The summed E-state index contributed by atoms with van der Waals surface area (Å²) in [6, 6.07) is -0.807. The van der Waals surface area contributed by atoms with Gasteiger partial charge in [0.2, 0.25) is 11.8 Å². The second-order valence-electron chi connectivity index (χ2n) is 7.19. The molecule has 0 bridgehead atoms. The van der Waals surface area contributed by atoms with Gasteiger partial charge in [0.1, 0.15) is 18.2 Å². The van der Waals surface area contributed by atoms with E-state index in [1.54, 1.807) is 0 Å². The summed E-state index contributed by atoms with van der Waals surface area (Å²) in [5.41, 5.74) is -1.07. The molecule has 0 aromatic carbocycles. The Morgan fingerprint density at radius 2 is 2.23 bits per heavy atom. The number of amides is 2. The van der Waals surface area contributed by atoms with Crippen LogP contribution in [0.5, 0.6) is 0 Å². The minimum Gasteiger partial charge on any atom is -0.467 e. The highest BCUT2D eigenvalue weighted by atomic mass is 16.5. The third-order valence-electron chi connectivity index (χ3n) is 5.32. The molecule has 2 heterocycles. The summed E-state index contributed by atoms with van der Waals surface area (Å²) < 4.78 is 10.3. The molecule has 1 saturated heterocycles. The van der Waals surface area contributed by atoms with E-state index in [-0.39, 0.29) is 31.4 Å². The molecule has 2 amide bonds. The van der Waals surface area contributed by atoms with Crippen molar-refractivity contribution in [2.45, 2.75) is 49.8 Å². The molecular weight excluding hydrogens is 340 g/mol. The summed E-state index contributed by atoms with van der Waals surface area (Å²) in [4.78, 5) is 38.8. The third kappa shape index (κ3) is 3.76. The summed E-state index contributed by atoms with van der Waals surface area (Å²) in [6.07, 6.45) is 6.41. The van der Waals surface area contributed by atoms with Crippen LogP contribution in [0, 0.1) is 5.92 Å². The lowest BCUT2D eigenvalue weighted by molar-refractivity contribution is -0.148. The summed E-state index contributed by atoms with van der Waals surface area (Å²) in [6.45, 7) is 0.453. The third-order valence-corrected chi connectivity index (χ3v) is 5.32. The summed E-state index contributed by atoms with van der Waals surface area (Å²) in [5.74, 6) is -1.36. The van der Waals surface area contributed by atoms with Crippen LogP contribution in [0.4, 0.5) is 0 Å². The number of allylic oxidation sites excluding steroid dienone is 1. The van der Waals surface area contributed by atoms with Crippen LogP contribution in [0.2, 0.25) is 0 Å². The van der Waals surface area contributed by atoms with Crippen molar-refractivity contribution >= 4 is 17.8 Å². The molecule has 1 saturated carbocycles. The Morgan fingerprint density at radius 3 is 3.00 bits per heavy atom. The van der Waals surface area contributed by atoms with Crippen LogP contribution in [-0.4, -0.2) is 72.3 Å². The van der Waals surface area contributed by atoms with E-state index in [1.165, 1.54) is 12.0 Å². The van der Waals surface area contributed by atoms with E-state index in [0.717, 1.165) is 19.3 Å². The number of hydrogen-bond donors (Lipinski definition) is 2. The van der Waals surface area contributed by atoms with Crippen LogP contribution in [-0.2, 0) is 23.9 Å². The van der Waals surface area contributed by atoms with Gasteiger partial charge in [-0.2, -0.15) is 0 Å². The zero-order valence-corrected chi connectivity index (χ0v) is 15.0. The average molecular weight is 366 g/mol. The van der Waals surface area contributed by atoms with Crippen molar-refractivity contribution in [1.82, 2.24) is 10.2 Å². The average Bonchev–Trinajstić information content (AvgIpc) is 3.16. The first-order valence-electron chi connectivity index (χ1n) is 9.10. The number of aliphatic hydroxyl groups excluding tert-OH is 1. The lowest BCUT2D eigenvalue weighted by atomic mass is 10.1. The maximum Gasteiger partial charge on any atom is 0.332 e. The van der Waals surface area contributed by atoms with Gasteiger partial charge in [-0.15, -0.1) is 0 Å². The molecule has 0 aromatic rings. The zero-order chi connectivity index (χ0) is 18.7. The summed E-state index contributed by atoms with van der Waals surface area (Å²) >= 11 is 0. The molecule has 1 aliphatic carbocycles. The van der Waals surface area contributed by atoms with Crippen LogP contribution in [0.15, 0.2) is 12.2 Å². The van der Waals surface area contributed by atoms with Gasteiger partial charge < -0.3 is 24.8 Å². The minimum absolute atomic E-state index is 0.0921. The van der Waals surface area contributed by atoms with Gasteiger partial charge in [0, 0.05) is 25.5 Å². The first-order valence-corrected chi connectivity index (χ1v) is 9.10. The molecule has 144 valence electrons. The molecule has 3 aliphatic rings. The second kappa shape index (κ2) is 7.75. The van der Waals surface area contributed by atoms with Gasteiger partial charge in [-0.1, -0.05) is 12.2 Å². The highest BCUT2D eigenvalue weighted by Gasteiger charge is 2.61. The highest BCUT2D eigenvalue weighted by Crippen LogP contribution is 2.46. The molecular formula is C18H26N2O6. The predicted octanol–water partition coefficient (Wildman–Crippen LogP) is -0.247. The molecule has 4 atom stereocenters. The summed E-state index contributed by atoms with van der Waals surface area (Å²) in [5, 5.41) is 12.7. The molecule has 0 radical (unpaired) electrons. The second-order valence-corrected chi connectivity index (χ2v) is 7.19. The highest BCUT2D eigenvalue weighted by molar-refractivity contribution is 5.95. The number of aliphatic hydroxyl groups is 1. The van der Waals surface area contributed by atoms with Crippen LogP contribution in [0.3, 0.4) is 0 Å². The fourth-order valence-corrected chi connectivity index (χ4v) is 3.74. The number of hydrogen-bond acceptors (Lipinski definition) is 6.